The van der Waals surface area contributed by atoms with E-state index in [9.17, 15) is 13.2 Å². The number of sulfonamides is 1. The number of aromatic nitrogens is 1. The molecule has 4 rings (SSSR count). The zero-order valence-corrected chi connectivity index (χ0v) is 16.7. The lowest BCUT2D eigenvalue weighted by Crippen LogP contribution is -2.29. The third-order valence-electron chi connectivity index (χ3n) is 4.43. The molecule has 9 heteroatoms. The Kier molecular flexibility index (Phi) is 4.56. The van der Waals surface area contributed by atoms with Crippen molar-refractivity contribution in [2.45, 2.75) is 11.4 Å². The summed E-state index contributed by atoms with van der Waals surface area (Å²) in [6.07, 6.45) is 0. The van der Waals surface area contributed by atoms with Gasteiger partial charge >= 0.3 is 0 Å². The van der Waals surface area contributed by atoms with Crippen LogP contribution in [0.5, 0.6) is 11.5 Å². The maximum atomic E-state index is 12.7. The maximum absolute atomic E-state index is 12.7. The number of amides is 1. The quantitative estimate of drug-likeness (QED) is 0.635. The summed E-state index contributed by atoms with van der Waals surface area (Å²) in [6, 6.07) is 11.6. The lowest BCUT2D eigenvalue weighted by atomic mass is 10.1. The molecule has 0 fully saturated rings. The van der Waals surface area contributed by atoms with Gasteiger partial charge in [0.2, 0.25) is 0 Å². The second-order valence-corrected chi connectivity index (χ2v) is 8.78. The van der Waals surface area contributed by atoms with Gasteiger partial charge in [-0.3, -0.25) is 4.79 Å². The molecule has 2 aromatic carbocycles. The Morgan fingerprint density at radius 2 is 1.86 bits per heavy atom. The van der Waals surface area contributed by atoms with E-state index in [1.165, 1.54) is 23.5 Å². The highest BCUT2D eigenvalue weighted by atomic mass is 32.2. The highest BCUT2D eigenvalue weighted by Gasteiger charge is 2.41. The Balaban J connectivity index is 1.64. The summed E-state index contributed by atoms with van der Waals surface area (Å²) in [4.78, 5) is 17.1. The molecule has 2 heterocycles. The van der Waals surface area contributed by atoms with Crippen LogP contribution in [0.1, 0.15) is 15.4 Å². The Morgan fingerprint density at radius 3 is 2.57 bits per heavy atom. The first-order valence-corrected chi connectivity index (χ1v) is 10.6. The normalized spacial score (nSPS) is 14.8. The zero-order chi connectivity index (χ0) is 19.9. The average Bonchev–Trinajstić information content (AvgIpc) is 3.25. The molecule has 1 aliphatic heterocycles. The number of fused-ring (bicyclic) bond motifs is 1. The molecule has 144 valence electrons. The van der Waals surface area contributed by atoms with Gasteiger partial charge in [-0.25, -0.2) is 17.7 Å². The van der Waals surface area contributed by atoms with Crippen LogP contribution < -0.4 is 9.47 Å². The highest BCUT2D eigenvalue weighted by molar-refractivity contribution is 7.90. The number of ether oxygens (including phenoxy) is 2. The Morgan fingerprint density at radius 1 is 1.07 bits per heavy atom. The van der Waals surface area contributed by atoms with Crippen molar-refractivity contribution in [3.05, 3.63) is 58.4 Å². The van der Waals surface area contributed by atoms with Gasteiger partial charge in [0.15, 0.2) is 0 Å². The minimum Gasteiger partial charge on any atom is -0.497 e. The number of thiazole rings is 1. The van der Waals surface area contributed by atoms with Crippen molar-refractivity contribution in [1.29, 1.82) is 0 Å². The molecule has 1 aliphatic rings. The molecule has 0 radical (unpaired) electrons. The number of nitrogens with zero attached hydrogens (tertiary/aromatic N) is 2. The second-order valence-electron chi connectivity index (χ2n) is 6.01. The van der Waals surface area contributed by atoms with Crippen LogP contribution in [-0.2, 0) is 16.6 Å². The van der Waals surface area contributed by atoms with Crippen molar-refractivity contribution in [2.24, 2.45) is 0 Å². The third-order valence-corrected chi connectivity index (χ3v) is 7.05. The summed E-state index contributed by atoms with van der Waals surface area (Å²) in [5.41, 5.74) is 1.59. The molecule has 0 unspecified atom stereocenters. The largest absolute Gasteiger partial charge is 0.497 e. The topological polar surface area (TPSA) is 85.8 Å². The fourth-order valence-corrected chi connectivity index (χ4v) is 5.42. The predicted octanol–water partition coefficient (Wildman–Crippen LogP) is 3.17. The van der Waals surface area contributed by atoms with Crippen LogP contribution in [-0.4, -0.2) is 37.8 Å². The fourth-order valence-electron chi connectivity index (χ4n) is 3.03. The van der Waals surface area contributed by atoms with Crippen molar-refractivity contribution in [1.82, 2.24) is 9.29 Å². The third kappa shape index (κ3) is 2.92. The van der Waals surface area contributed by atoms with Crippen molar-refractivity contribution in [2.75, 3.05) is 14.2 Å². The van der Waals surface area contributed by atoms with E-state index < -0.39 is 15.9 Å². The van der Waals surface area contributed by atoms with Crippen molar-refractivity contribution >= 4 is 27.3 Å². The van der Waals surface area contributed by atoms with Gasteiger partial charge in [-0.2, -0.15) is 0 Å². The number of methoxy groups -OCH3 is 2. The van der Waals surface area contributed by atoms with E-state index in [4.69, 9.17) is 9.47 Å². The minimum absolute atomic E-state index is 0.0357. The fraction of sp³-hybridized carbons (Fsp3) is 0.158. The Bertz CT molecular complexity index is 1170. The van der Waals surface area contributed by atoms with Crippen molar-refractivity contribution in [3.63, 3.8) is 0 Å². The van der Waals surface area contributed by atoms with Gasteiger partial charge in [0, 0.05) is 17.0 Å². The van der Waals surface area contributed by atoms with Crippen LogP contribution in [0.2, 0.25) is 0 Å². The number of carbonyl (C=O) groups is 1. The number of rotatable bonds is 5. The van der Waals surface area contributed by atoms with Crippen LogP contribution >= 0.6 is 11.3 Å². The monoisotopic (exact) mass is 416 g/mol. The van der Waals surface area contributed by atoms with E-state index in [0.29, 0.717) is 22.2 Å². The average molecular weight is 416 g/mol. The van der Waals surface area contributed by atoms with Crippen LogP contribution in [0.4, 0.5) is 0 Å². The van der Waals surface area contributed by atoms with E-state index in [2.05, 4.69) is 4.98 Å². The summed E-state index contributed by atoms with van der Waals surface area (Å²) in [6.45, 7) is -0.112. The number of carbonyl (C=O) groups excluding carboxylic acids is 1. The van der Waals surface area contributed by atoms with Crippen molar-refractivity contribution < 1.29 is 22.7 Å². The van der Waals surface area contributed by atoms with E-state index in [0.717, 1.165) is 9.87 Å². The van der Waals surface area contributed by atoms with E-state index in [-0.39, 0.29) is 17.0 Å². The van der Waals surface area contributed by atoms with Gasteiger partial charge in [-0.1, -0.05) is 12.1 Å². The van der Waals surface area contributed by atoms with Crippen molar-refractivity contribution in [3.8, 4) is 22.8 Å². The highest BCUT2D eigenvalue weighted by Crippen LogP contribution is 2.35. The smallest absolute Gasteiger partial charge is 0.269 e. The number of hydrogen-bond donors (Lipinski definition) is 0. The molecule has 7 nitrogen and oxygen atoms in total. The molecule has 28 heavy (non-hydrogen) atoms. The Hall–Kier alpha value is -2.91. The molecule has 0 N–H and O–H groups in total. The molecule has 0 spiro atoms. The summed E-state index contributed by atoms with van der Waals surface area (Å²) in [5, 5.41) is 2.32. The zero-order valence-electron chi connectivity index (χ0n) is 15.1. The van der Waals surface area contributed by atoms with E-state index in [1.54, 1.807) is 43.9 Å². The molecular weight excluding hydrogens is 400 g/mol. The molecule has 0 saturated heterocycles. The first-order valence-electron chi connectivity index (χ1n) is 8.28. The first kappa shape index (κ1) is 18.5. The van der Waals surface area contributed by atoms with Gasteiger partial charge < -0.3 is 9.47 Å². The lowest BCUT2D eigenvalue weighted by molar-refractivity contribution is 0.0865. The summed E-state index contributed by atoms with van der Waals surface area (Å²) in [5.74, 6) is 0.713. The molecule has 0 aliphatic carbocycles. The predicted molar refractivity (Wildman–Crippen MR) is 104 cm³/mol. The number of hydrogen-bond acceptors (Lipinski definition) is 7. The van der Waals surface area contributed by atoms with Gasteiger partial charge in [0.1, 0.15) is 21.4 Å². The van der Waals surface area contributed by atoms with Gasteiger partial charge in [-0.05, 0) is 24.3 Å². The molecule has 0 saturated carbocycles. The summed E-state index contributed by atoms with van der Waals surface area (Å²) < 4.78 is 36.9. The van der Waals surface area contributed by atoms with E-state index >= 15 is 0 Å². The van der Waals surface area contributed by atoms with Crippen LogP contribution in [0.15, 0.2) is 52.7 Å². The van der Waals surface area contributed by atoms with Crippen LogP contribution in [0, 0.1) is 0 Å². The van der Waals surface area contributed by atoms with Crippen LogP contribution in [0.3, 0.4) is 0 Å². The molecule has 0 bridgehead atoms. The molecule has 1 amide bonds. The molecule has 3 aromatic rings. The van der Waals surface area contributed by atoms with Gasteiger partial charge in [0.05, 0.1) is 32.0 Å². The summed E-state index contributed by atoms with van der Waals surface area (Å²) >= 11 is 1.29. The summed E-state index contributed by atoms with van der Waals surface area (Å²) in [7, 11) is -0.738. The second kappa shape index (κ2) is 6.92. The Labute approximate surface area is 166 Å². The SMILES string of the molecule is COc1ccc(-c2csc(CN3C(=O)c4ccccc4S3(=O)=O)n2)c(OC)c1. The maximum Gasteiger partial charge on any atom is 0.269 e. The van der Waals surface area contributed by atoms with Gasteiger partial charge in [-0.15, -0.1) is 11.3 Å². The standard InChI is InChI=1S/C19H16N2O5S2/c1-25-12-7-8-13(16(9-12)26-2)15-11-27-18(20-15)10-21-19(22)14-5-3-4-6-17(14)28(21,23)24/h3-9,11H,10H2,1-2H3. The molecule has 1 aromatic heterocycles. The van der Waals surface area contributed by atoms with Gasteiger partial charge in [0.25, 0.3) is 15.9 Å². The number of benzene rings is 2. The minimum atomic E-state index is -3.86. The van der Waals surface area contributed by atoms with Crippen LogP contribution in [0.25, 0.3) is 11.3 Å². The lowest BCUT2D eigenvalue weighted by Gasteiger charge is -2.13. The molecular formula is C19H16N2O5S2. The molecule has 0 atom stereocenters. The van der Waals surface area contributed by atoms with E-state index in [1.807, 2.05) is 6.07 Å². The first-order chi connectivity index (χ1) is 13.5.